The number of carbonyl (C=O) groups excluding carboxylic acids is 1. The number of nitrogens with zero attached hydrogens (tertiary/aromatic N) is 1. The number of ketones is 1. The molecular weight excluding hydrogens is 562 g/mol. The first-order chi connectivity index (χ1) is 16.9. The summed E-state index contributed by atoms with van der Waals surface area (Å²) < 4.78 is 97.1. The highest BCUT2D eigenvalue weighted by atomic mass is 79.9. The highest BCUT2D eigenvalue weighted by Crippen LogP contribution is 2.50. The van der Waals surface area contributed by atoms with Gasteiger partial charge in [0.05, 0.1) is 18.2 Å². The van der Waals surface area contributed by atoms with Gasteiger partial charge in [-0.15, -0.1) is 0 Å². The number of halogens is 7. The Balaban J connectivity index is 1.95. The molecule has 0 saturated carbocycles. The molecule has 2 unspecified atom stereocenters. The SMILES string of the molecule is COc1c(Oc2cc(C(F)(F)F)c(F)cc2C2Nc3ccncc3C(=O)C2(Br)OC)ccc(F)c1F. The number of hydrogen-bond acceptors (Lipinski definition) is 6. The van der Waals surface area contributed by atoms with Crippen LogP contribution in [0.25, 0.3) is 0 Å². The summed E-state index contributed by atoms with van der Waals surface area (Å²) in [7, 11) is 2.15. The first-order valence-electron chi connectivity index (χ1n) is 10.0. The van der Waals surface area contributed by atoms with Crippen LogP contribution in [0.5, 0.6) is 17.2 Å². The smallest absolute Gasteiger partial charge is 0.419 e. The molecule has 0 saturated heterocycles. The lowest BCUT2D eigenvalue weighted by Crippen LogP contribution is -2.47. The lowest BCUT2D eigenvalue weighted by molar-refractivity contribution is -0.140. The number of Topliss-reactive ketones (excluding diaryl/α,β-unsaturated/α-hetero) is 1. The molecule has 1 N–H and O–H groups in total. The molecule has 4 rings (SSSR count). The Kier molecular flexibility index (Phi) is 6.64. The number of aromatic nitrogens is 1. The van der Waals surface area contributed by atoms with E-state index in [9.17, 15) is 31.1 Å². The van der Waals surface area contributed by atoms with Gasteiger partial charge in [-0.2, -0.15) is 17.6 Å². The van der Waals surface area contributed by atoms with E-state index in [4.69, 9.17) is 14.2 Å². The van der Waals surface area contributed by atoms with E-state index in [2.05, 4.69) is 26.2 Å². The lowest BCUT2D eigenvalue weighted by atomic mass is 9.89. The number of ether oxygens (including phenoxy) is 3. The van der Waals surface area contributed by atoms with E-state index in [0.29, 0.717) is 18.2 Å². The van der Waals surface area contributed by atoms with Crippen molar-refractivity contribution in [2.45, 2.75) is 16.7 Å². The highest BCUT2D eigenvalue weighted by molar-refractivity contribution is 9.10. The Bertz CT molecular complexity index is 1350. The quantitative estimate of drug-likeness (QED) is 0.280. The van der Waals surface area contributed by atoms with E-state index in [-0.39, 0.29) is 16.8 Å². The average Bonchev–Trinajstić information content (AvgIpc) is 2.84. The van der Waals surface area contributed by atoms with Gasteiger partial charge in [-0.1, -0.05) is 0 Å². The molecule has 190 valence electrons. The average molecular weight is 577 g/mol. The van der Waals surface area contributed by atoms with Gasteiger partial charge in [0.25, 0.3) is 0 Å². The highest BCUT2D eigenvalue weighted by Gasteiger charge is 2.51. The van der Waals surface area contributed by atoms with Crippen molar-refractivity contribution in [1.29, 1.82) is 0 Å². The number of alkyl halides is 4. The normalized spacial score (nSPS) is 19.5. The molecule has 0 bridgehead atoms. The molecule has 1 aliphatic heterocycles. The molecule has 0 spiro atoms. The fraction of sp³-hybridized carbons (Fsp3) is 0.217. The largest absolute Gasteiger partial charge is 0.490 e. The Morgan fingerprint density at radius 1 is 1.06 bits per heavy atom. The molecule has 2 heterocycles. The molecule has 0 fully saturated rings. The van der Waals surface area contributed by atoms with Crippen LogP contribution in [0.2, 0.25) is 0 Å². The summed E-state index contributed by atoms with van der Waals surface area (Å²) in [5.41, 5.74) is -1.65. The molecular formula is C23H15BrF6N2O4. The molecule has 36 heavy (non-hydrogen) atoms. The van der Waals surface area contributed by atoms with Crippen molar-refractivity contribution < 1.29 is 45.3 Å². The van der Waals surface area contributed by atoms with E-state index >= 15 is 0 Å². The predicted molar refractivity (Wildman–Crippen MR) is 118 cm³/mol. The zero-order chi connectivity index (χ0) is 26.4. The van der Waals surface area contributed by atoms with Crippen LogP contribution in [0.3, 0.4) is 0 Å². The summed E-state index contributed by atoms with van der Waals surface area (Å²) in [5.74, 6) is -6.93. The third-order valence-corrected chi connectivity index (χ3v) is 6.64. The van der Waals surface area contributed by atoms with Crippen LogP contribution in [-0.4, -0.2) is 29.5 Å². The van der Waals surface area contributed by atoms with Gasteiger partial charge >= 0.3 is 6.18 Å². The molecule has 6 nitrogen and oxygen atoms in total. The Labute approximate surface area is 208 Å². The molecule has 0 aliphatic carbocycles. The minimum atomic E-state index is -5.13. The number of hydrogen-bond donors (Lipinski definition) is 1. The predicted octanol–water partition coefficient (Wildman–Crippen LogP) is 6.41. The molecule has 13 heteroatoms. The van der Waals surface area contributed by atoms with Crippen molar-refractivity contribution in [2.75, 3.05) is 19.5 Å². The van der Waals surface area contributed by atoms with Gasteiger partial charge < -0.3 is 19.5 Å². The van der Waals surface area contributed by atoms with Crippen molar-refractivity contribution in [3.05, 3.63) is 76.9 Å². The van der Waals surface area contributed by atoms with Crippen LogP contribution >= 0.6 is 15.9 Å². The van der Waals surface area contributed by atoms with Crippen LogP contribution in [0, 0.1) is 17.5 Å². The monoisotopic (exact) mass is 576 g/mol. The summed E-state index contributed by atoms with van der Waals surface area (Å²) in [6, 6.07) is 2.56. The van der Waals surface area contributed by atoms with E-state index in [1.807, 2.05) is 0 Å². The van der Waals surface area contributed by atoms with Crippen LogP contribution in [0.4, 0.5) is 32.0 Å². The fourth-order valence-corrected chi connectivity index (χ4v) is 4.33. The molecule has 2 aromatic carbocycles. The van der Waals surface area contributed by atoms with Gasteiger partial charge in [-0.25, -0.2) is 8.78 Å². The second-order valence-corrected chi connectivity index (χ2v) is 8.72. The standard InChI is InChI=1S/C23H15BrF6N2O4/c1-34-19-16(4-3-13(25)18(19)27)36-17-8-12(23(28,29)30)14(26)7-10(17)20-22(24,35-2)21(33)11-9-31-6-5-15(11)32-20/h3-9,20,32H,1-2H3. The zero-order valence-electron chi connectivity index (χ0n) is 18.3. The van der Waals surface area contributed by atoms with Gasteiger partial charge in [0.1, 0.15) is 17.6 Å². The third kappa shape index (κ3) is 4.26. The van der Waals surface area contributed by atoms with E-state index in [1.54, 1.807) is 0 Å². The summed E-state index contributed by atoms with van der Waals surface area (Å²) in [6.07, 6.45) is -2.51. The van der Waals surface area contributed by atoms with E-state index < -0.39 is 62.8 Å². The summed E-state index contributed by atoms with van der Waals surface area (Å²) >= 11 is 3.19. The number of benzene rings is 2. The number of carbonyl (C=O) groups is 1. The fourth-order valence-electron chi connectivity index (χ4n) is 3.76. The molecule has 0 radical (unpaired) electrons. The maximum absolute atomic E-state index is 14.7. The number of rotatable bonds is 5. The van der Waals surface area contributed by atoms with Crippen LogP contribution in [-0.2, 0) is 10.9 Å². The van der Waals surface area contributed by atoms with Gasteiger partial charge in [0, 0.05) is 30.8 Å². The molecule has 3 aromatic rings. The Hall–Kier alpha value is -3.32. The topological polar surface area (TPSA) is 69.7 Å². The second-order valence-electron chi connectivity index (χ2n) is 7.54. The Morgan fingerprint density at radius 2 is 1.78 bits per heavy atom. The second kappa shape index (κ2) is 9.28. The summed E-state index contributed by atoms with van der Waals surface area (Å²) in [4.78, 5) is 17.1. The van der Waals surface area contributed by atoms with Crippen molar-refractivity contribution in [1.82, 2.24) is 4.98 Å². The summed E-state index contributed by atoms with van der Waals surface area (Å²) in [5, 5.41) is 2.92. The number of pyridine rings is 1. The Morgan fingerprint density at radius 3 is 2.42 bits per heavy atom. The number of nitrogens with one attached hydrogen (secondary N) is 1. The van der Waals surface area contributed by atoms with Crippen LogP contribution in [0.15, 0.2) is 42.7 Å². The van der Waals surface area contributed by atoms with Crippen molar-refractivity contribution in [3.8, 4) is 17.2 Å². The number of fused-ring (bicyclic) bond motifs is 1. The summed E-state index contributed by atoms with van der Waals surface area (Å²) in [6.45, 7) is 0. The zero-order valence-corrected chi connectivity index (χ0v) is 19.9. The molecule has 2 atom stereocenters. The van der Waals surface area contributed by atoms with E-state index in [1.165, 1.54) is 18.5 Å². The molecule has 0 amide bonds. The van der Waals surface area contributed by atoms with Crippen molar-refractivity contribution in [2.24, 2.45) is 0 Å². The molecule has 1 aromatic heterocycles. The first kappa shape index (κ1) is 25.8. The van der Waals surface area contributed by atoms with Gasteiger partial charge in [0.2, 0.25) is 21.9 Å². The maximum atomic E-state index is 14.7. The third-order valence-electron chi connectivity index (χ3n) is 5.50. The minimum Gasteiger partial charge on any atom is -0.490 e. The van der Waals surface area contributed by atoms with Crippen molar-refractivity contribution >= 4 is 27.4 Å². The lowest BCUT2D eigenvalue weighted by Gasteiger charge is -2.39. The van der Waals surface area contributed by atoms with Crippen molar-refractivity contribution in [3.63, 3.8) is 0 Å². The molecule has 1 aliphatic rings. The van der Waals surface area contributed by atoms with Gasteiger partial charge in [0.15, 0.2) is 11.6 Å². The van der Waals surface area contributed by atoms with Crippen LogP contribution in [0.1, 0.15) is 27.5 Å². The van der Waals surface area contributed by atoms with Gasteiger partial charge in [-0.05, 0) is 46.3 Å². The number of methoxy groups -OCH3 is 2. The first-order valence-corrected chi connectivity index (χ1v) is 10.8. The van der Waals surface area contributed by atoms with E-state index in [0.717, 1.165) is 20.3 Å². The van der Waals surface area contributed by atoms with Crippen LogP contribution < -0.4 is 14.8 Å². The van der Waals surface area contributed by atoms with Gasteiger partial charge in [-0.3, -0.25) is 9.78 Å². The maximum Gasteiger partial charge on any atom is 0.419 e. The minimum absolute atomic E-state index is 0.101. The number of anilines is 1.